The summed E-state index contributed by atoms with van der Waals surface area (Å²) in [4.78, 5) is 54.2. The topological polar surface area (TPSA) is 114 Å². The smallest absolute Gasteiger partial charge is 0.300 e. The molecule has 0 bridgehead atoms. The first kappa shape index (κ1) is 18.9. The van der Waals surface area contributed by atoms with Crippen LogP contribution in [0.4, 0.5) is 5.13 Å². The van der Waals surface area contributed by atoms with Crippen molar-refractivity contribution in [2.24, 2.45) is 0 Å². The molecule has 10 heteroatoms. The summed E-state index contributed by atoms with van der Waals surface area (Å²) in [6.45, 7) is 1.12. The maximum Gasteiger partial charge on any atom is 0.328 e. The molecule has 138 valence electrons. The molecule has 0 aliphatic rings. The molecule has 0 radical (unpaired) electrons. The summed E-state index contributed by atoms with van der Waals surface area (Å²) in [5.41, 5.74) is -0.0188. The molecule has 2 aromatic heterocycles. The van der Waals surface area contributed by atoms with E-state index in [1.54, 1.807) is 0 Å². The van der Waals surface area contributed by atoms with Crippen molar-refractivity contribution in [1.82, 2.24) is 14.5 Å². The molecule has 0 aliphatic heterocycles. The number of nitrogens with zero attached hydrogens (tertiary/aromatic N) is 2. The molecule has 0 atom stereocenters. The zero-order chi connectivity index (χ0) is 19.6. The van der Waals surface area contributed by atoms with E-state index in [-0.39, 0.29) is 21.9 Å². The van der Waals surface area contributed by atoms with Crippen molar-refractivity contribution >= 4 is 44.1 Å². The second kappa shape index (κ2) is 7.80. The summed E-state index contributed by atoms with van der Waals surface area (Å²) < 4.78 is 1.19. The van der Waals surface area contributed by atoms with Gasteiger partial charge in [0.2, 0.25) is 5.91 Å². The summed E-state index contributed by atoms with van der Waals surface area (Å²) in [5, 5.41) is 2.84. The number of ketones is 1. The number of thiazole rings is 1. The number of anilines is 1. The minimum atomic E-state index is -0.702. The number of amides is 1. The number of hydrogen-bond acceptors (Lipinski definition) is 6. The van der Waals surface area contributed by atoms with Crippen molar-refractivity contribution in [1.29, 1.82) is 0 Å². The van der Waals surface area contributed by atoms with Crippen molar-refractivity contribution in [2.75, 3.05) is 5.32 Å². The predicted octanol–water partition coefficient (Wildman–Crippen LogP) is 2.26. The summed E-state index contributed by atoms with van der Waals surface area (Å²) in [6, 6.07) is 9.16. The van der Waals surface area contributed by atoms with E-state index in [9.17, 15) is 19.2 Å². The minimum Gasteiger partial charge on any atom is -0.300 e. The number of H-pyrrole nitrogens is 1. The van der Waals surface area contributed by atoms with Crippen LogP contribution in [0.2, 0.25) is 0 Å². The molecule has 0 aliphatic carbocycles. The molecule has 0 saturated heterocycles. The molecule has 1 aromatic carbocycles. The highest BCUT2D eigenvalue weighted by Crippen LogP contribution is 2.31. The van der Waals surface area contributed by atoms with Gasteiger partial charge in [0, 0.05) is 18.7 Å². The number of halogens is 1. The lowest BCUT2D eigenvalue weighted by molar-refractivity contribution is -0.116. The third-order valence-electron chi connectivity index (χ3n) is 3.52. The van der Waals surface area contributed by atoms with Gasteiger partial charge in [-0.2, -0.15) is 0 Å². The van der Waals surface area contributed by atoms with E-state index in [0.717, 1.165) is 21.5 Å². The average Bonchev–Trinajstić information content (AvgIpc) is 3.04. The van der Waals surface area contributed by atoms with E-state index in [0.29, 0.717) is 10.6 Å². The Kier molecular flexibility index (Phi) is 5.47. The lowest BCUT2D eigenvalue weighted by atomic mass is 10.1. The van der Waals surface area contributed by atoms with E-state index in [1.807, 2.05) is 30.3 Å². The van der Waals surface area contributed by atoms with Crippen LogP contribution in [0.3, 0.4) is 0 Å². The Morgan fingerprint density at radius 1 is 1.26 bits per heavy atom. The lowest BCUT2D eigenvalue weighted by Gasteiger charge is -2.05. The molecule has 8 nitrogen and oxygen atoms in total. The van der Waals surface area contributed by atoms with Gasteiger partial charge in [-0.25, -0.2) is 9.78 Å². The van der Waals surface area contributed by atoms with Gasteiger partial charge in [-0.1, -0.05) is 41.7 Å². The summed E-state index contributed by atoms with van der Waals surface area (Å²) >= 11 is 4.07. The fourth-order valence-electron chi connectivity index (χ4n) is 2.32. The lowest BCUT2D eigenvalue weighted by Crippen LogP contribution is -2.33. The number of aromatic amines is 1. The molecule has 1 amide bonds. The molecule has 27 heavy (non-hydrogen) atoms. The summed E-state index contributed by atoms with van der Waals surface area (Å²) in [6.07, 6.45) is 1.24. The molecule has 0 saturated carbocycles. The third kappa shape index (κ3) is 4.29. The Morgan fingerprint density at radius 3 is 2.63 bits per heavy atom. The second-order valence-electron chi connectivity index (χ2n) is 5.53. The standard InChI is InChI=1S/C17H13BrN4O4S/c1-9(23)14-13(10-5-3-2-4-6-10)20-16(27-14)19-12(24)8-22-7-11(18)15(25)21-17(22)26/h2-7H,8H2,1H3,(H,19,20,24)(H,21,25,26). The molecule has 2 heterocycles. The van der Waals surface area contributed by atoms with Gasteiger partial charge >= 0.3 is 5.69 Å². The van der Waals surface area contributed by atoms with Gasteiger partial charge in [0.25, 0.3) is 5.56 Å². The highest BCUT2D eigenvalue weighted by atomic mass is 79.9. The number of carbonyl (C=O) groups excluding carboxylic acids is 2. The zero-order valence-electron chi connectivity index (χ0n) is 14.0. The van der Waals surface area contributed by atoms with Gasteiger partial charge in [-0.05, 0) is 15.9 Å². The van der Waals surface area contributed by atoms with Gasteiger partial charge < -0.3 is 5.32 Å². The van der Waals surface area contributed by atoms with Crippen molar-refractivity contribution in [3.63, 3.8) is 0 Å². The second-order valence-corrected chi connectivity index (χ2v) is 7.38. The number of carbonyl (C=O) groups is 2. The van der Waals surface area contributed by atoms with Crippen molar-refractivity contribution in [3.05, 3.63) is 66.7 Å². The Hall–Kier alpha value is -2.85. The zero-order valence-corrected chi connectivity index (χ0v) is 16.4. The molecule has 3 rings (SSSR count). The molecule has 2 N–H and O–H groups in total. The number of nitrogens with one attached hydrogen (secondary N) is 2. The van der Waals surface area contributed by atoms with Crippen LogP contribution >= 0.6 is 27.3 Å². The predicted molar refractivity (Wildman–Crippen MR) is 105 cm³/mol. The number of rotatable bonds is 5. The first-order valence-electron chi connectivity index (χ1n) is 7.71. The van der Waals surface area contributed by atoms with Crippen LogP contribution in [0.15, 0.2) is 50.6 Å². The largest absolute Gasteiger partial charge is 0.328 e. The first-order valence-corrected chi connectivity index (χ1v) is 9.32. The Morgan fingerprint density at radius 2 is 1.96 bits per heavy atom. The first-order chi connectivity index (χ1) is 12.8. The Bertz CT molecular complexity index is 1130. The SMILES string of the molecule is CC(=O)c1sc(NC(=O)Cn2cc(Br)c(=O)[nH]c2=O)nc1-c1ccccc1. The molecule has 0 fully saturated rings. The highest BCUT2D eigenvalue weighted by Gasteiger charge is 2.18. The summed E-state index contributed by atoms with van der Waals surface area (Å²) in [7, 11) is 0. The van der Waals surface area contributed by atoms with Crippen LogP contribution in [0.5, 0.6) is 0 Å². The van der Waals surface area contributed by atoms with Gasteiger partial charge in [-0.3, -0.25) is 23.9 Å². The van der Waals surface area contributed by atoms with Gasteiger partial charge in [0.15, 0.2) is 10.9 Å². The molecule has 0 unspecified atom stereocenters. The molecule has 0 spiro atoms. The monoisotopic (exact) mass is 448 g/mol. The van der Waals surface area contributed by atoms with Crippen molar-refractivity contribution in [2.45, 2.75) is 13.5 Å². The van der Waals surface area contributed by atoms with E-state index in [1.165, 1.54) is 13.1 Å². The summed E-state index contributed by atoms with van der Waals surface area (Å²) in [5.74, 6) is -0.674. The molecule has 3 aromatic rings. The van der Waals surface area contributed by atoms with E-state index < -0.39 is 17.2 Å². The normalized spacial score (nSPS) is 10.6. The van der Waals surface area contributed by atoms with Gasteiger partial charge in [0.05, 0.1) is 15.0 Å². The number of aromatic nitrogens is 3. The van der Waals surface area contributed by atoms with E-state index in [2.05, 4.69) is 31.2 Å². The fraction of sp³-hybridized carbons (Fsp3) is 0.118. The fourth-order valence-corrected chi connectivity index (χ4v) is 3.56. The number of hydrogen-bond donors (Lipinski definition) is 2. The van der Waals surface area contributed by atoms with Crippen LogP contribution in [-0.2, 0) is 11.3 Å². The quantitative estimate of drug-likeness (QED) is 0.581. The van der Waals surface area contributed by atoms with Crippen molar-refractivity contribution in [3.8, 4) is 11.3 Å². The van der Waals surface area contributed by atoms with Crippen LogP contribution in [0.1, 0.15) is 16.6 Å². The Balaban J connectivity index is 1.85. The molecular formula is C17H13BrN4O4S. The maximum atomic E-state index is 12.3. The maximum absolute atomic E-state index is 12.3. The van der Waals surface area contributed by atoms with Crippen LogP contribution in [-0.4, -0.2) is 26.2 Å². The van der Waals surface area contributed by atoms with E-state index in [4.69, 9.17) is 0 Å². The number of benzene rings is 1. The van der Waals surface area contributed by atoms with Gasteiger partial charge in [-0.15, -0.1) is 0 Å². The number of Topliss-reactive ketones (excluding diaryl/α,β-unsaturated/α-hetero) is 1. The van der Waals surface area contributed by atoms with Crippen molar-refractivity contribution < 1.29 is 9.59 Å². The van der Waals surface area contributed by atoms with Crippen LogP contribution in [0, 0.1) is 0 Å². The third-order valence-corrected chi connectivity index (χ3v) is 5.16. The highest BCUT2D eigenvalue weighted by molar-refractivity contribution is 9.10. The van der Waals surface area contributed by atoms with Gasteiger partial charge in [0.1, 0.15) is 6.54 Å². The minimum absolute atomic E-state index is 0.134. The van der Waals surface area contributed by atoms with Crippen LogP contribution < -0.4 is 16.6 Å². The van der Waals surface area contributed by atoms with E-state index >= 15 is 0 Å². The Labute approximate surface area is 165 Å². The molecular weight excluding hydrogens is 436 g/mol. The average molecular weight is 449 g/mol. The van der Waals surface area contributed by atoms with Crippen LogP contribution in [0.25, 0.3) is 11.3 Å².